The third-order valence-electron chi connectivity index (χ3n) is 6.33. The van der Waals surface area contributed by atoms with Gasteiger partial charge in [0.15, 0.2) is 0 Å². The van der Waals surface area contributed by atoms with Crippen molar-refractivity contribution in [1.29, 1.82) is 0 Å². The van der Waals surface area contributed by atoms with Gasteiger partial charge in [-0.05, 0) is 43.5 Å². The van der Waals surface area contributed by atoms with Gasteiger partial charge in [-0.1, -0.05) is 24.3 Å². The molecule has 2 heterocycles. The molecule has 1 aromatic heterocycles. The SMILES string of the molecule is COC(=O)c1cnn(-c2cccc(-c3cccc(C(=O)N4CCOC(C)C4)c3F)c2)c1C1CC1. The van der Waals surface area contributed by atoms with Crippen LogP contribution in [0.3, 0.4) is 0 Å². The van der Waals surface area contributed by atoms with E-state index in [0.717, 1.165) is 18.5 Å². The van der Waals surface area contributed by atoms with Gasteiger partial charge in [0.05, 0.1) is 43.0 Å². The molecule has 1 amide bonds. The highest BCUT2D eigenvalue weighted by atomic mass is 19.1. The normalized spacial score (nSPS) is 18.1. The molecule has 5 rings (SSSR count). The van der Waals surface area contributed by atoms with E-state index in [0.29, 0.717) is 42.1 Å². The quantitative estimate of drug-likeness (QED) is 0.530. The molecule has 2 fully saturated rings. The number of halogens is 1. The Balaban J connectivity index is 1.50. The number of amides is 1. The van der Waals surface area contributed by atoms with E-state index in [2.05, 4.69) is 5.10 Å². The zero-order valence-electron chi connectivity index (χ0n) is 19.2. The summed E-state index contributed by atoms with van der Waals surface area (Å²) >= 11 is 0. The first-order valence-corrected chi connectivity index (χ1v) is 11.4. The number of hydrogen-bond acceptors (Lipinski definition) is 5. The number of esters is 1. The minimum atomic E-state index is -0.554. The van der Waals surface area contributed by atoms with Gasteiger partial charge in [-0.15, -0.1) is 0 Å². The van der Waals surface area contributed by atoms with Crippen molar-refractivity contribution < 1.29 is 23.5 Å². The van der Waals surface area contributed by atoms with Crippen molar-refractivity contribution in [1.82, 2.24) is 14.7 Å². The molecule has 7 nitrogen and oxygen atoms in total. The van der Waals surface area contributed by atoms with Crippen molar-refractivity contribution in [2.45, 2.75) is 31.8 Å². The molecule has 1 saturated carbocycles. The van der Waals surface area contributed by atoms with E-state index in [1.807, 2.05) is 25.1 Å². The van der Waals surface area contributed by atoms with Crippen LogP contribution >= 0.6 is 0 Å². The van der Waals surface area contributed by atoms with Crippen LogP contribution in [-0.2, 0) is 9.47 Å². The molecule has 2 aromatic carbocycles. The molecule has 0 N–H and O–H groups in total. The summed E-state index contributed by atoms with van der Waals surface area (Å²) in [5.41, 5.74) is 2.98. The van der Waals surface area contributed by atoms with Crippen LogP contribution in [-0.4, -0.2) is 59.5 Å². The number of carbonyl (C=O) groups excluding carboxylic acids is 2. The Morgan fingerprint density at radius 1 is 1.15 bits per heavy atom. The number of benzene rings is 2. The van der Waals surface area contributed by atoms with E-state index in [9.17, 15) is 9.59 Å². The summed E-state index contributed by atoms with van der Waals surface area (Å²) in [6, 6.07) is 12.2. The third-order valence-corrected chi connectivity index (χ3v) is 6.33. The van der Waals surface area contributed by atoms with Gasteiger partial charge in [-0.25, -0.2) is 13.9 Å². The van der Waals surface area contributed by atoms with Gasteiger partial charge >= 0.3 is 5.97 Å². The monoisotopic (exact) mass is 463 g/mol. The lowest BCUT2D eigenvalue weighted by molar-refractivity contribution is -0.0125. The highest BCUT2D eigenvalue weighted by Crippen LogP contribution is 2.43. The molecule has 8 heteroatoms. The van der Waals surface area contributed by atoms with Gasteiger partial charge in [-0.2, -0.15) is 5.10 Å². The summed E-state index contributed by atoms with van der Waals surface area (Å²) in [5, 5.41) is 4.44. The minimum Gasteiger partial charge on any atom is -0.465 e. The van der Waals surface area contributed by atoms with Crippen LogP contribution in [0.15, 0.2) is 48.7 Å². The molecule has 34 heavy (non-hydrogen) atoms. The van der Waals surface area contributed by atoms with Gasteiger partial charge in [0, 0.05) is 24.6 Å². The fourth-order valence-electron chi connectivity index (χ4n) is 4.48. The van der Waals surface area contributed by atoms with E-state index in [1.165, 1.54) is 19.4 Å². The van der Waals surface area contributed by atoms with Crippen LogP contribution in [0.25, 0.3) is 16.8 Å². The molecule has 1 atom stereocenters. The summed E-state index contributed by atoms with van der Waals surface area (Å²) in [4.78, 5) is 26.9. The third kappa shape index (κ3) is 4.09. The van der Waals surface area contributed by atoms with E-state index in [-0.39, 0.29) is 23.5 Å². The van der Waals surface area contributed by atoms with Crippen molar-refractivity contribution in [3.63, 3.8) is 0 Å². The zero-order chi connectivity index (χ0) is 23.8. The van der Waals surface area contributed by atoms with Crippen molar-refractivity contribution >= 4 is 11.9 Å². The van der Waals surface area contributed by atoms with E-state index in [1.54, 1.807) is 27.8 Å². The number of methoxy groups -OCH3 is 1. The van der Waals surface area contributed by atoms with Crippen LogP contribution in [0.2, 0.25) is 0 Å². The van der Waals surface area contributed by atoms with Crippen LogP contribution in [0.4, 0.5) is 4.39 Å². The Bertz CT molecular complexity index is 1250. The highest BCUT2D eigenvalue weighted by molar-refractivity contribution is 5.96. The van der Waals surface area contributed by atoms with Crippen molar-refractivity contribution in [2.75, 3.05) is 26.8 Å². The Labute approximate surface area is 197 Å². The predicted molar refractivity (Wildman–Crippen MR) is 124 cm³/mol. The fraction of sp³-hybridized carbons (Fsp3) is 0.346. The van der Waals surface area contributed by atoms with Crippen LogP contribution in [0.1, 0.15) is 52.1 Å². The second kappa shape index (κ2) is 9.02. The Morgan fingerprint density at radius 2 is 1.94 bits per heavy atom. The molecule has 2 aliphatic rings. The summed E-state index contributed by atoms with van der Waals surface area (Å²) in [6.07, 6.45) is 3.41. The van der Waals surface area contributed by atoms with Gasteiger partial charge < -0.3 is 14.4 Å². The van der Waals surface area contributed by atoms with Crippen molar-refractivity contribution in [3.8, 4) is 16.8 Å². The molecule has 1 aliphatic carbocycles. The number of rotatable bonds is 5. The molecule has 1 unspecified atom stereocenters. The molecule has 0 spiro atoms. The van der Waals surface area contributed by atoms with Gasteiger partial charge in [-0.3, -0.25) is 4.79 Å². The van der Waals surface area contributed by atoms with Crippen LogP contribution in [0, 0.1) is 5.82 Å². The number of aromatic nitrogens is 2. The maximum absolute atomic E-state index is 15.6. The molecule has 0 bridgehead atoms. The lowest BCUT2D eigenvalue weighted by atomic mass is 10.0. The lowest BCUT2D eigenvalue weighted by Crippen LogP contribution is -2.44. The number of nitrogens with zero attached hydrogens (tertiary/aromatic N) is 3. The maximum atomic E-state index is 15.6. The number of morpholine rings is 1. The largest absolute Gasteiger partial charge is 0.465 e. The predicted octanol–water partition coefficient (Wildman–Crippen LogP) is 4.20. The summed E-state index contributed by atoms with van der Waals surface area (Å²) in [5.74, 6) is -1.06. The number of carbonyl (C=O) groups is 2. The maximum Gasteiger partial charge on any atom is 0.341 e. The molecule has 1 saturated heterocycles. The van der Waals surface area contributed by atoms with Crippen LogP contribution < -0.4 is 0 Å². The van der Waals surface area contributed by atoms with Gasteiger partial charge in [0.2, 0.25) is 0 Å². The first-order chi connectivity index (χ1) is 16.5. The van der Waals surface area contributed by atoms with Crippen molar-refractivity contribution in [3.05, 3.63) is 71.3 Å². The van der Waals surface area contributed by atoms with Crippen molar-refractivity contribution in [2.24, 2.45) is 0 Å². The molecule has 176 valence electrons. The Morgan fingerprint density at radius 3 is 2.68 bits per heavy atom. The van der Waals surface area contributed by atoms with E-state index >= 15 is 4.39 Å². The molecular weight excluding hydrogens is 437 g/mol. The molecule has 3 aromatic rings. The zero-order valence-corrected chi connectivity index (χ0v) is 19.2. The first-order valence-electron chi connectivity index (χ1n) is 11.4. The molecular formula is C26H26FN3O4. The number of hydrogen-bond donors (Lipinski definition) is 0. The average Bonchev–Trinajstić information content (AvgIpc) is 3.60. The molecule has 0 radical (unpaired) electrons. The van der Waals surface area contributed by atoms with Gasteiger partial charge in [0.25, 0.3) is 5.91 Å². The number of ether oxygens (including phenoxy) is 2. The van der Waals surface area contributed by atoms with Crippen LogP contribution in [0.5, 0.6) is 0 Å². The first kappa shape index (κ1) is 22.3. The summed E-state index contributed by atoms with van der Waals surface area (Å²) in [7, 11) is 1.35. The molecule has 1 aliphatic heterocycles. The fourth-order valence-corrected chi connectivity index (χ4v) is 4.48. The Hall–Kier alpha value is -3.52. The minimum absolute atomic E-state index is 0.0442. The van der Waals surface area contributed by atoms with Gasteiger partial charge in [0.1, 0.15) is 11.4 Å². The lowest BCUT2D eigenvalue weighted by Gasteiger charge is -2.31. The highest BCUT2D eigenvalue weighted by Gasteiger charge is 2.33. The second-order valence-electron chi connectivity index (χ2n) is 8.77. The summed E-state index contributed by atoms with van der Waals surface area (Å²) in [6.45, 7) is 3.21. The average molecular weight is 464 g/mol. The smallest absolute Gasteiger partial charge is 0.341 e. The topological polar surface area (TPSA) is 73.7 Å². The standard InChI is InChI=1S/C26H26FN3O4/c1-16-15-29(11-12-34-16)25(31)21-8-4-7-20(23(21)27)18-5-3-6-19(13-18)30-24(17-9-10-17)22(14-28-30)26(32)33-2/h3-8,13-14,16-17H,9-12,15H2,1-2H3. The summed E-state index contributed by atoms with van der Waals surface area (Å²) < 4.78 is 27.8. The van der Waals surface area contributed by atoms with E-state index in [4.69, 9.17) is 9.47 Å². The Kier molecular flexibility index (Phi) is 5.91. The van der Waals surface area contributed by atoms with E-state index < -0.39 is 11.8 Å². The second-order valence-corrected chi connectivity index (χ2v) is 8.77.